The molecule has 0 aliphatic rings. The summed E-state index contributed by atoms with van der Waals surface area (Å²) in [6.07, 6.45) is 0. The van der Waals surface area contributed by atoms with Crippen LogP contribution in [0.2, 0.25) is 0 Å². The summed E-state index contributed by atoms with van der Waals surface area (Å²) in [5, 5.41) is 0. The van der Waals surface area contributed by atoms with Gasteiger partial charge < -0.3 is 14.4 Å². The summed E-state index contributed by atoms with van der Waals surface area (Å²) < 4.78 is 10.5. The number of hydrogen-bond acceptors (Lipinski definition) is 8. The fourth-order valence-electron chi connectivity index (χ4n) is 1.22. The van der Waals surface area contributed by atoms with Crippen molar-refractivity contribution in [2.45, 2.75) is 13.8 Å². The van der Waals surface area contributed by atoms with Crippen molar-refractivity contribution in [1.29, 1.82) is 0 Å². The monoisotopic (exact) mass is 256 g/mol. The maximum atomic E-state index is 5.30. The standard InChI is InChI=1S/C10H20N6O2/c1-4-17-7-6-16(3)9-12-8(15-11)13-10(14-9)18-5-2/h4-7,11H2,1-3H3,(H,12,13,14,15). The van der Waals surface area contributed by atoms with Crippen LogP contribution in [0.4, 0.5) is 11.9 Å². The number of ether oxygens (including phenoxy) is 2. The van der Waals surface area contributed by atoms with E-state index in [0.717, 1.165) is 0 Å². The van der Waals surface area contributed by atoms with Gasteiger partial charge in [-0.25, -0.2) is 5.84 Å². The smallest absolute Gasteiger partial charge is 0.323 e. The molecule has 0 saturated heterocycles. The largest absolute Gasteiger partial charge is 0.464 e. The normalized spacial score (nSPS) is 10.2. The summed E-state index contributed by atoms with van der Waals surface area (Å²) in [4.78, 5) is 14.2. The zero-order valence-corrected chi connectivity index (χ0v) is 11.0. The molecule has 0 bridgehead atoms. The Kier molecular flexibility index (Phi) is 6.09. The Bertz CT molecular complexity index is 362. The topological polar surface area (TPSA) is 98.4 Å². The fourth-order valence-corrected chi connectivity index (χ4v) is 1.22. The maximum Gasteiger partial charge on any atom is 0.323 e. The minimum absolute atomic E-state index is 0.249. The molecule has 0 aliphatic carbocycles. The van der Waals surface area contributed by atoms with Gasteiger partial charge in [0.15, 0.2) is 0 Å². The van der Waals surface area contributed by atoms with Gasteiger partial charge in [0.1, 0.15) is 0 Å². The van der Waals surface area contributed by atoms with Crippen molar-refractivity contribution < 1.29 is 9.47 Å². The van der Waals surface area contributed by atoms with Gasteiger partial charge in [0.05, 0.1) is 13.2 Å². The molecule has 0 fully saturated rings. The first-order valence-corrected chi connectivity index (χ1v) is 5.85. The lowest BCUT2D eigenvalue weighted by Crippen LogP contribution is -2.26. The second-order valence-corrected chi connectivity index (χ2v) is 3.44. The molecule has 0 aromatic carbocycles. The van der Waals surface area contributed by atoms with Crippen molar-refractivity contribution in [3.63, 3.8) is 0 Å². The van der Waals surface area contributed by atoms with Gasteiger partial charge in [-0.15, -0.1) is 0 Å². The Labute approximate surface area is 106 Å². The number of likely N-dealkylation sites (N-methyl/N-ethyl adjacent to an activating group) is 1. The molecule has 8 heteroatoms. The summed E-state index contributed by atoms with van der Waals surface area (Å²) >= 11 is 0. The van der Waals surface area contributed by atoms with Crippen LogP contribution < -0.4 is 20.9 Å². The van der Waals surface area contributed by atoms with Gasteiger partial charge >= 0.3 is 6.01 Å². The summed E-state index contributed by atoms with van der Waals surface area (Å²) in [6.45, 7) is 6.26. The zero-order valence-electron chi connectivity index (χ0n) is 11.0. The van der Waals surface area contributed by atoms with E-state index in [2.05, 4.69) is 20.4 Å². The van der Waals surface area contributed by atoms with Gasteiger partial charge in [0.25, 0.3) is 0 Å². The molecule has 1 heterocycles. The zero-order chi connectivity index (χ0) is 13.4. The molecule has 0 saturated carbocycles. The Morgan fingerprint density at radius 3 is 2.61 bits per heavy atom. The van der Waals surface area contributed by atoms with Gasteiger partial charge in [0, 0.05) is 20.2 Å². The lowest BCUT2D eigenvalue weighted by molar-refractivity contribution is 0.154. The van der Waals surface area contributed by atoms with Crippen LogP contribution >= 0.6 is 0 Å². The summed E-state index contributed by atoms with van der Waals surface area (Å²) in [6, 6.07) is 0.249. The van der Waals surface area contributed by atoms with E-state index in [9.17, 15) is 0 Å². The number of hydrazine groups is 1. The van der Waals surface area contributed by atoms with E-state index in [1.807, 2.05) is 25.8 Å². The van der Waals surface area contributed by atoms with Crippen LogP contribution in [0.5, 0.6) is 6.01 Å². The van der Waals surface area contributed by atoms with Crippen molar-refractivity contribution in [1.82, 2.24) is 15.0 Å². The molecule has 18 heavy (non-hydrogen) atoms. The molecule has 0 amide bonds. The van der Waals surface area contributed by atoms with Crippen LogP contribution in [0.1, 0.15) is 13.8 Å². The van der Waals surface area contributed by atoms with E-state index in [4.69, 9.17) is 15.3 Å². The molecule has 0 unspecified atom stereocenters. The SMILES string of the molecule is CCOCCN(C)c1nc(NN)nc(OCC)n1. The van der Waals surface area contributed by atoms with Crippen molar-refractivity contribution in [2.75, 3.05) is 43.7 Å². The second-order valence-electron chi connectivity index (χ2n) is 3.44. The number of hydrogen-bond donors (Lipinski definition) is 2. The van der Waals surface area contributed by atoms with Crippen molar-refractivity contribution in [3.05, 3.63) is 0 Å². The van der Waals surface area contributed by atoms with E-state index in [-0.39, 0.29) is 12.0 Å². The number of nitrogens with two attached hydrogens (primary N) is 1. The molecule has 3 N–H and O–H groups in total. The van der Waals surface area contributed by atoms with E-state index in [1.165, 1.54) is 0 Å². The molecule has 1 rings (SSSR count). The number of aromatic nitrogens is 3. The number of rotatable bonds is 8. The molecule has 1 aromatic rings. The Morgan fingerprint density at radius 2 is 2.00 bits per heavy atom. The van der Waals surface area contributed by atoms with E-state index >= 15 is 0 Å². The minimum atomic E-state index is 0.249. The summed E-state index contributed by atoms with van der Waals surface area (Å²) in [5.41, 5.74) is 2.39. The Morgan fingerprint density at radius 1 is 1.22 bits per heavy atom. The maximum absolute atomic E-state index is 5.30. The Hall–Kier alpha value is -1.67. The van der Waals surface area contributed by atoms with Crippen LogP contribution in [0.15, 0.2) is 0 Å². The van der Waals surface area contributed by atoms with Crippen molar-refractivity contribution in [2.24, 2.45) is 5.84 Å². The molecule has 1 aromatic heterocycles. The fraction of sp³-hybridized carbons (Fsp3) is 0.700. The average molecular weight is 256 g/mol. The lowest BCUT2D eigenvalue weighted by atomic mass is 10.6. The number of anilines is 2. The third-order valence-electron chi connectivity index (χ3n) is 2.12. The van der Waals surface area contributed by atoms with Gasteiger partial charge in [-0.3, -0.25) is 5.43 Å². The van der Waals surface area contributed by atoms with Gasteiger partial charge in [-0.05, 0) is 13.8 Å². The van der Waals surface area contributed by atoms with E-state index in [0.29, 0.717) is 32.3 Å². The number of nitrogens with one attached hydrogen (secondary N) is 1. The minimum Gasteiger partial charge on any atom is -0.464 e. The third-order valence-corrected chi connectivity index (χ3v) is 2.12. The highest BCUT2D eigenvalue weighted by atomic mass is 16.5. The van der Waals surface area contributed by atoms with Crippen LogP contribution in [0.25, 0.3) is 0 Å². The quantitative estimate of drug-likeness (QED) is 0.382. The highest BCUT2D eigenvalue weighted by Gasteiger charge is 2.10. The van der Waals surface area contributed by atoms with Crippen LogP contribution in [-0.2, 0) is 4.74 Å². The predicted octanol–water partition coefficient (Wildman–Crippen LogP) is 0.0286. The lowest BCUT2D eigenvalue weighted by Gasteiger charge is -2.17. The molecule has 0 radical (unpaired) electrons. The molecular weight excluding hydrogens is 236 g/mol. The molecule has 0 spiro atoms. The van der Waals surface area contributed by atoms with E-state index in [1.54, 1.807) is 0 Å². The highest BCUT2D eigenvalue weighted by molar-refractivity contribution is 5.36. The molecule has 0 atom stereocenters. The predicted molar refractivity (Wildman–Crippen MR) is 68.6 cm³/mol. The van der Waals surface area contributed by atoms with Gasteiger partial charge in [-0.1, -0.05) is 0 Å². The van der Waals surface area contributed by atoms with Crippen LogP contribution in [0, 0.1) is 0 Å². The highest BCUT2D eigenvalue weighted by Crippen LogP contribution is 2.13. The molecule has 0 aliphatic heterocycles. The first-order chi connectivity index (χ1) is 8.71. The van der Waals surface area contributed by atoms with Crippen molar-refractivity contribution >= 4 is 11.9 Å². The van der Waals surface area contributed by atoms with Crippen LogP contribution in [-0.4, -0.2) is 48.4 Å². The molecular formula is C10H20N6O2. The first-order valence-electron chi connectivity index (χ1n) is 5.85. The Balaban J connectivity index is 2.75. The van der Waals surface area contributed by atoms with E-state index < -0.39 is 0 Å². The number of nitrogen functional groups attached to an aromatic ring is 1. The summed E-state index contributed by atoms with van der Waals surface area (Å²) in [7, 11) is 1.87. The van der Waals surface area contributed by atoms with Crippen molar-refractivity contribution in [3.8, 4) is 6.01 Å². The van der Waals surface area contributed by atoms with Gasteiger partial charge in [-0.2, -0.15) is 15.0 Å². The van der Waals surface area contributed by atoms with Gasteiger partial charge in [0.2, 0.25) is 11.9 Å². The average Bonchev–Trinajstić information content (AvgIpc) is 2.39. The second kappa shape index (κ2) is 7.62. The molecule has 8 nitrogen and oxygen atoms in total. The number of nitrogens with zero attached hydrogens (tertiary/aromatic N) is 4. The first kappa shape index (κ1) is 14.4. The van der Waals surface area contributed by atoms with Crippen LogP contribution in [0.3, 0.4) is 0 Å². The molecule has 102 valence electrons. The summed E-state index contributed by atoms with van der Waals surface area (Å²) in [5.74, 6) is 6.06. The third kappa shape index (κ3) is 4.30.